The SMILES string of the molecule is C=CCNC(=O)c1cc(C)nc(NCCc2cccc(OC)c2)n1. The number of aromatic nitrogens is 2. The van der Waals surface area contributed by atoms with E-state index in [0.717, 1.165) is 23.4 Å². The fourth-order valence-corrected chi connectivity index (χ4v) is 2.17. The van der Waals surface area contributed by atoms with E-state index < -0.39 is 0 Å². The van der Waals surface area contributed by atoms with Crippen LogP contribution in [0.5, 0.6) is 5.75 Å². The van der Waals surface area contributed by atoms with Gasteiger partial charge in [0.25, 0.3) is 5.91 Å². The number of amides is 1. The second-order valence-electron chi connectivity index (χ2n) is 5.25. The van der Waals surface area contributed by atoms with Gasteiger partial charge in [0.1, 0.15) is 11.4 Å². The number of benzene rings is 1. The Hall–Kier alpha value is -2.89. The van der Waals surface area contributed by atoms with Gasteiger partial charge in [-0.15, -0.1) is 6.58 Å². The lowest BCUT2D eigenvalue weighted by atomic mass is 10.1. The average Bonchev–Trinajstić information content (AvgIpc) is 2.59. The van der Waals surface area contributed by atoms with Crippen molar-refractivity contribution < 1.29 is 9.53 Å². The molecule has 0 radical (unpaired) electrons. The van der Waals surface area contributed by atoms with E-state index in [1.165, 1.54) is 0 Å². The van der Waals surface area contributed by atoms with Crippen molar-refractivity contribution in [1.29, 1.82) is 0 Å². The molecule has 0 saturated carbocycles. The van der Waals surface area contributed by atoms with Crippen LogP contribution in [-0.2, 0) is 6.42 Å². The standard InChI is InChI=1S/C18H22N4O2/c1-4-9-19-17(23)16-11-13(2)21-18(22-16)20-10-8-14-6-5-7-15(12-14)24-3/h4-7,11-12H,1,8-10H2,2-3H3,(H,19,23)(H,20,21,22). The molecule has 0 unspecified atom stereocenters. The zero-order valence-corrected chi connectivity index (χ0v) is 14.0. The summed E-state index contributed by atoms with van der Waals surface area (Å²) in [4.78, 5) is 20.6. The minimum atomic E-state index is -0.240. The molecule has 1 amide bonds. The van der Waals surface area contributed by atoms with Crippen LogP contribution in [0.1, 0.15) is 21.7 Å². The summed E-state index contributed by atoms with van der Waals surface area (Å²) in [5.41, 5.74) is 2.23. The van der Waals surface area contributed by atoms with Gasteiger partial charge in [0.05, 0.1) is 7.11 Å². The quantitative estimate of drug-likeness (QED) is 0.728. The van der Waals surface area contributed by atoms with Crippen LogP contribution in [0.15, 0.2) is 43.0 Å². The molecule has 0 bridgehead atoms. The molecule has 0 aliphatic heterocycles. The molecule has 0 fully saturated rings. The van der Waals surface area contributed by atoms with Gasteiger partial charge < -0.3 is 15.4 Å². The number of nitrogens with zero attached hydrogens (tertiary/aromatic N) is 2. The van der Waals surface area contributed by atoms with Crippen LogP contribution in [0.4, 0.5) is 5.95 Å². The zero-order valence-electron chi connectivity index (χ0n) is 14.0. The number of anilines is 1. The van der Waals surface area contributed by atoms with Crippen molar-refractivity contribution >= 4 is 11.9 Å². The molecule has 6 heteroatoms. The van der Waals surface area contributed by atoms with Crippen LogP contribution in [0, 0.1) is 6.92 Å². The molecule has 1 aromatic carbocycles. The highest BCUT2D eigenvalue weighted by Gasteiger charge is 2.09. The molecule has 0 aliphatic rings. The van der Waals surface area contributed by atoms with E-state index in [-0.39, 0.29) is 5.91 Å². The predicted molar refractivity (Wildman–Crippen MR) is 94.5 cm³/mol. The lowest BCUT2D eigenvalue weighted by Crippen LogP contribution is -2.25. The van der Waals surface area contributed by atoms with Crippen LogP contribution in [0.25, 0.3) is 0 Å². The van der Waals surface area contributed by atoms with Crippen LogP contribution in [0.3, 0.4) is 0 Å². The lowest BCUT2D eigenvalue weighted by molar-refractivity contribution is 0.0953. The van der Waals surface area contributed by atoms with Crippen molar-refractivity contribution in [3.05, 3.63) is 59.9 Å². The fraction of sp³-hybridized carbons (Fsp3) is 0.278. The number of hydrogen-bond donors (Lipinski definition) is 2. The van der Waals surface area contributed by atoms with E-state index in [0.29, 0.717) is 24.7 Å². The second-order valence-corrected chi connectivity index (χ2v) is 5.25. The average molecular weight is 326 g/mol. The highest BCUT2D eigenvalue weighted by atomic mass is 16.5. The Morgan fingerprint density at radius 1 is 1.33 bits per heavy atom. The Morgan fingerprint density at radius 3 is 2.92 bits per heavy atom. The van der Waals surface area contributed by atoms with Gasteiger partial charge >= 0.3 is 0 Å². The lowest BCUT2D eigenvalue weighted by Gasteiger charge is -2.09. The van der Waals surface area contributed by atoms with Gasteiger partial charge in [-0.05, 0) is 37.1 Å². The minimum absolute atomic E-state index is 0.240. The summed E-state index contributed by atoms with van der Waals surface area (Å²) in [6.07, 6.45) is 2.42. The number of rotatable bonds is 8. The van der Waals surface area contributed by atoms with Crippen molar-refractivity contribution in [3.63, 3.8) is 0 Å². The summed E-state index contributed by atoms with van der Waals surface area (Å²) in [7, 11) is 1.65. The topological polar surface area (TPSA) is 76.1 Å². The van der Waals surface area contributed by atoms with Crippen LogP contribution >= 0.6 is 0 Å². The van der Waals surface area contributed by atoms with Gasteiger partial charge in [0.15, 0.2) is 0 Å². The summed E-state index contributed by atoms with van der Waals surface area (Å²) in [6.45, 7) is 6.47. The summed E-state index contributed by atoms with van der Waals surface area (Å²) in [5.74, 6) is 1.04. The number of nitrogens with one attached hydrogen (secondary N) is 2. The largest absolute Gasteiger partial charge is 0.497 e. The molecular formula is C18H22N4O2. The van der Waals surface area contributed by atoms with E-state index in [1.54, 1.807) is 19.3 Å². The van der Waals surface area contributed by atoms with Gasteiger partial charge in [-0.1, -0.05) is 18.2 Å². The third-order valence-electron chi connectivity index (χ3n) is 3.32. The van der Waals surface area contributed by atoms with E-state index in [4.69, 9.17) is 4.74 Å². The van der Waals surface area contributed by atoms with Crippen molar-refractivity contribution in [2.45, 2.75) is 13.3 Å². The molecule has 0 spiro atoms. The first-order valence-corrected chi connectivity index (χ1v) is 7.74. The zero-order chi connectivity index (χ0) is 17.4. The van der Waals surface area contributed by atoms with Crippen molar-refractivity contribution in [3.8, 4) is 5.75 Å². The van der Waals surface area contributed by atoms with E-state index in [2.05, 4.69) is 27.2 Å². The van der Waals surface area contributed by atoms with Crippen molar-refractivity contribution in [2.75, 3.05) is 25.5 Å². The monoisotopic (exact) mass is 326 g/mol. The molecule has 2 rings (SSSR count). The first kappa shape index (κ1) is 17.5. The second kappa shape index (κ2) is 8.67. The molecule has 1 heterocycles. The molecule has 6 nitrogen and oxygen atoms in total. The fourth-order valence-electron chi connectivity index (χ4n) is 2.17. The van der Waals surface area contributed by atoms with Crippen LogP contribution in [-0.4, -0.2) is 36.1 Å². The third kappa shape index (κ3) is 5.08. The van der Waals surface area contributed by atoms with Crippen molar-refractivity contribution in [1.82, 2.24) is 15.3 Å². The maximum Gasteiger partial charge on any atom is 0.270 e. The smallest absolute Gasteiger partial charge is 0.270 e. The van der Waals surface area contributed by atoms with Gasteiger partial charge in [-0.25, -0.2) is 9.97 Å². The summed E-state index contributed by atoms with van der Waals surface area (Å²) in [6, 6.07) is 9.56. The maximum atomic E-state index is 12.0. The predicted octanol–water partition coefficient (Wildman–Crippen LogP) is 2.36. The molecule has 0 atom stereocenters. The first-order valence-electron chi connectivity index (χ1n) is 7.74. The molecule has 126 valence electrons. The number of ether oxygens (including phenoxy) is 1. The van der Waals surface area contributed by atoms with E-state index in [9.17, 15) is 4.79 Å². The Labute approximate surface area is 142 Å². The van der Waals surface area contributed by atoms with Gasteiger partial charge in [-0.2, -0.15) is 0 Å². The summed E-state index contributed by atoms with van der Waals surface area (Å²) >= 11 is 0. The molecule has 2 aromatic rings. The van der Waals surface area contributed by atoms with Crippen LogP contribution in [0.2, 0.25) is 0 Å². The van der Waals surface area contributed by atoms with Crippen LogP contribution < -0.4 is 15.4 Å². The van der Waals surface area contributed by atoms with E-state index in [1.807, 2.05) is 31.2 Å². The number of hydrogen-bond acceptors (Lipinski definition) is 5. The van der Waals surface area contributed by atoms with Crippen molar-refractivity contribution in [2.24, 2.45) is 0 Å². The normalized spacial score (nSPS) is 10.1. The molecule has 0 saturated heterocycles. The molecule has 0 aliphatic carbocycles. The number of aryl methyl sites for hydroxylation is 1. The molecule has 24 heavy (non-hydrogen) atoms. The minimum Gasteiger partial charge on any atom is -0.497 e. The Morgan fingerprint density at radius 2 is 2.17 bits per heavy atom. The highest BCUT2D eigenvalue weighted by Crippen LogP contribution is 2.13. The Kier molecular flexibility index (Phi) is 6.31. The number of carbonyl (C=O) groups is 1. The molecule has 2 N–H and O–H groups in total. The number of methoxy groups -OCH3 is 1. The summed E-state index contributed by atoms with van der Waals surface area (Å²) < 4.78 is 5.21. The molecule has 1 aromatic heterocycles. The third-order valence-corrected chi connectivity index (χ3v) is 3.32. The Balaban J connectivity index is 1.97. The van der Waals surface area contributed by atoms with Gasteiger partial charge in [0, 0.05) is 18.8 Å². The Bertz CT molecular complexity index is 716. The molecular weight excluding hydrogens is 304 g/mol. The van der Waals surface area contributed by atoms with Gasteiger partial charge in [0.2, 0.25) is 5.95 Å². The number of carbonyl (C=O) groups excluding carboxylic acids is 1. The first-order chi connectivity index (χ1) is 11.6. The van der Waals surface area contributed by atoms with E-state index >= 15 is 0 Å². The van der Waals surface area contributed by atoms with Gasteiger partial charge in [-0.3, -0.25) is 4.79 Å². The maximum absolute atomic E-state index is 12.0. The summed E-state index contributed by atoms with van der Waals surface area (Å²) in [5, 5.41) is 5.87. The highest BCUT2D eigenvalue weighted by molar-refractivity contribution is 5.92.